The molecule has 15 heavy (non-hydrogen) atoms. The van der Waals surface area contributed by atoms with Crippen molar-refractivity contribution in [3.63, 3.8) is 0 Å². The Morgan fingerprint density at radius 3 is 2.87 bits per heavy atom. The van der Waals surface area contributed by atoms with Gasteiger partial charge >= 0.3 is 5.97 Å². The highest BCUT2D eigenvalue weighted by atomic mass is 79.9. The Morgan fingerprint density at radius 1 is 1.47 bits per heavy atom. The molecule has 0 aliphatic heterocycles. The van der Waals surface area contributed by atoms with E-state index in [0.29, 0.717) is 0 Å². The molecule has 1 atom stereocenters. The number of aryl methyl sites for hydroxylation is 1. The first-order chi connectivity index (χ1) is 7.09. The van der Waals surface area contributed by atoms with Crippen LogP contribution in [0.3, 0.4) is 0 Å². The molecule has 0 fully saturated rings. The van der Waals surface area contributed by atoms with Crippen LogP contribution in [-0.4, -0.2) is 11.1 Å². The maximum atomic E-state index is 10.9. The molecule has 2 nitrogen and oxygen atoms in total. The Labute approximate surface area is 97.4 Å². The van der Waals surface area contributed by atoms with E-state index in [1.54, 1.807) is 6.92 Å². The molecule has 3 heteroatoms. The number of halogens is 1. The van der Waals surface area contributed by atoms with Crippen LogP contribution in [0.2, 0.25) is 0 Å². The van der Waals surface area contributed by atoms with Gasteiger partial charge in [-0.2, -0.15) is 0 Å². The van der Waals surface area contributed by atoms with Gasteiger partial charge in [0.2, 0.25) is 0 Å². The minimum atomic E-state index is -0.764. The zero-order valence-corrected chi connectivity index (χ0v) is 10.2. The van der Waals surface area contributed by atoms with Gasteiger partial charge in [-0.15, -0.1) is 0 Å². The minimum Gasteiger partial charge on any atom is -0.481 e. The lowest BCUT2D eigenvalue weighted by molar-refractivity contribution is -0.138. The van der Waals surface area contributed by atoms with Crippen molar-refractivity contribution in [3.8, 4) is 0 Å². The normalized spacial score (nSPS) is 16.1. The van der Waals surface area contributed by atoms with Gasteiger partial charge in [0.15, 0.2) is 0 Å². The highest BCUT2D eigenvalue weighted by Gasteiger charge is 2.19. The number of benzene rings is 1. The van der Waals surface area contributed by atoms with E-state index in [1.165, 1.54) is 17.5 Å². The number of aliphatic carboxylic acids is 1. The van der Waals surface area contributed by atoms with Crippen LogP contribution in [-0.2, 0) is 17.6 Å². The van der Waals surface area contributed by atoms with Crippen LogP contribution >= 0.6 is 15.9 Å². The molecule has 1 N–H and O–H groups in total. The summed E-state index contributed by atoms with van der Waals surface area (Å²) in [7, 11) is 0. The average molecular weight is 269 g/mol. The zero-order valence-electron chi connectivity index (χ0n) is 8.59. The third-order valence-electron chi connectivity index (χ3n) is 3.05. The van der Waals surface area contributed by atoms with E-state index in [1.807, 2.05) is 12.1 Å². The van der Waals surface area contributed by atoms with Crippen LogP contribution < -0.4 is 0 Å². The van der Waals surface area contributed by atoms with Gasteiger partial charge < -0.3 is 5.11 Å². The van der Waals surface area contributed by atoms with Gasteiger partial charge in [0.1, 0.15) is 0 Å². The predicted molar refractivity (Wildman–Crippen MR) is 62.2 cm³/mol. The molecule has 0 radical (unpaired) electrons. The van der Waals surface area contributed by atoms with E-state index in [-0.39, 0.29) is 0 Å². The van der Waals surface area contributed by atoms with Gasteiger partial charge in [0.25, 0.3) is 0 Å². The van der Waals surface area contributed by atoms with Crippen molar-refractivity contribution in [3.05, 3.63) is 33.3 Å². The molecule has 0 heterocycles. The van der Waals surface area contributed by atoms with E-state index >= 15 is 0 Å². The van der Waals surface area contributed by atoms with E-state index in [0.717, 1.165) is 22.9 Å². The average Bonchev–Trinajstić information content (AvgIpc) is 2.64. The summed E-state index contributed by atoms with van der Waals surface area (Å²) in [5.41, 5.74) is 3.57. The third kappa shape index (κ3) is 1.93. The summed E-state index contributed by atoms with van der Waals surface area (Å²) < 4.78 is 1.07. The number of carbonyl (C=O) groups is 1. The van der Waals surface area contributed by atoms with E-state index in [2.05, 4.69) is 15.9 Å². The molecule has 1 aliphatic carbocycles. The Balaban J connectivity index is 2.43. The summed E-state index contributed by atoms with van der Waals surface area (Å²) in [4.78, 5) is 10.9. The lowest BCUT2D eigenvalue weighted by Crippen LogP contribution is -2.08. The third-order valence-corrected chi connectivity index (χ3v) is 3.76. The number of fused-ring (bicyclic) bond motifs is 1. The topological polar surface area (TPSA) is 37.3 Å². The second kappa shape index (κ2) is 3.97. The lowest BCUT2D eigenvalue weighted by Gasteiger charge is -2.10. The maximum Gasteiger partial charge on any atom is 0.310 e. The van der Waals surface area contributed by atoms with Crippen molar-refractivity contribution >= 4 is 21.9 Å². The monoisotopic (exact) mass is 268 g/mol. The van der Waals surface area contributed by atoms with Crippen molar-refractivity contribution in [2.24, 2.45) is 0 Å². The van der Waals surface area contributed by atoms with Crippen molar-refractivity contribution in [2.45, 2.75) is 32.1 Å². The molecular formula is C12H13BrO2. The fourth-order valence-electron chi connectivity index (χ4n) is 2.07. The number of rotatable bonds is 2. The Kier molecular flexibility index (Phi) is 2.83. The van der Waals surface area contributed by atoms with Crippen LogP contribution in [0.25, 0.3) is 0 Å². The second-order valence-corrected chi connectivity index (χ2v) is 4.91. The van der Waals surface area contributed by atoms with Crippen molar-refractivity contribution in [2.75, 3.05) is 0 Å². The summed E-state index contributed by atoms with van der Waals surface area (Å²) in [5, 5.41) is 8.96. The van der Waals surface area contributed by atoms with Crippen LogP contribution in [0.15, 0.2) is 16.6 Å². The number of hydrogen-bond acceptors (Lipinski definition) is 1. The summed E-state index contributed by atoms with van der Waals surface area (Å²) >= 11 is 3.52. The molecule has 1 aromatic carbocycles. The van der Waals surface area contributed by atoms with Gasteiger partial charge in [-0.05, 0) is 48.9 Å². The number of carboxylic acid groups (broad SMARTS) is 1. The summed E-state index contributed by atoms with van der Waals surface area (Å²) in [6, 6.07) is 3.99. The fraction of sp³-hybridized carbons (Fsp3) is 0.417. The van der Waals surface area contributed by atoms with Crippen LogP contribution in [0.4, 0.5) is 0 Å². The minimum absolute atomic E-state index is 0.424. The number of hydrogen-bond donors (Lipinski definition) is 1. The Hall–Kier alpha value is -0.830. The summed E-state index contributed by atoms with van der Waals surface area (Å²) in [6.07, 6.45) is 3.37. The second-order valence-electron chi connectivity index (χ2n) is 4.05. The molecular weight excluding hydrogens is 256 g/mol. The first kappa shape index (κ1) is 10.7. The first-order valence-corrected chi connectivity index (χ1v) is 5.93. The summed E-state index contributed by atoms with van der Waals surface area (Å²) in [6.45, 7) is 1.73. The van der Waals surface area contributed by atoms with Gasteiger partial charge in [-0.1, -0.05) is 22.0 Å². The van der Waals surface area contributed by atoms with Gasteiger partial charge in [-0.25, -0.2) is 0 Å². The molecule has 2 rings (SSSR count). The molecule has 1 aliphatic rings. The van der Waals surface area contributed by atoms with Crippen molar-refractivity contribution in [1.82, 2.24) is 0 Å². The predicted octanol–water partition coefficient (Wildman–Crippen LogP) is 3.13. The Bertz CT molecular complexity index is 412. The molecule has 0 aromatic heterocycles. The van der Waals surface area contributed by atoms with Crippen molar-refractivity contribution in [1.29, 1.82) is 0 Å². The molecule has 0 amide bonds. The molecule has 0 spiro atoms. The first-order valence-electron chi connectivity index (χ1n) is 5.13. The SMILES string of the molecule is CC(C(=O)O)c1cc(Br)c2c(c1)CCC2. The maximum absolute atomic E-state index is 10.9. The highest BCUT2D eigenvalue weighted by molar-refractivity contribution is 9.10. The summed E-state index contributed by atoms with van der Waals surface area (Å²) in [5.74, 6) is -1.19. The number of carboxylic acids is 1. The van der Waals surface area contributed by atoms with Gasteiger partial charge in [0, 0.05) is 4.47 Å². The van der Waals surface area contributed by atoms with Crippen LogP contribution in [0.1, 0.15) is 36.0 Å². The molecule has 1 aromatic rings. The van der Waals surface area contributed by atoms with E-state index < -0.39 is 11.9 Å². The smallest absolute Gasteiger partial charge is 0.310 e. The van der Waals surface area contributed by atoms with Crippen LogP contribution in [0.5, 0.6) is 0 Å². The largest absolute Gasteiger partial charge is 0.481 e. The standard InChI is InChI=1S/C12H13BrO2/c1-7(12(14)15)9-5-8-3-2-4-10(8)11(13)6-9/h5-7H,2-4H2,1H3,(H,14,15). The molecule has 0 saturated carbocycles. The highest BCUT2D eigenvalue weighted by Crippen LogP contribution is 2.32. The fourth-order valence-corrected chi connectivity index (χ4v) is 2.79. The van der Waals surface area contributed by atoms with Crippen molar-refractivity contribution < 1.29 is 9.90 Å². The molecule has 0 saturated heterocycles. The quantitative estimate of drug-likeness (QED) is 0.895. The lowest BCUT2D eigenvalue weighted by atomic mass is 9.97. The van der Waals surface area contributed by atoms with Crippen LogP contribution in [0, 0.1) is 0 Å². The van der Waals surface area contributed by atoms with E-state index in [9.17, 15) is 4.79 Å². The van der Waals surface area contributed by atoms with E-state index in [4.69, 9.17) is 5.11 Å². The molecule has 0 bridgehead atoms. The van der Waals surface area contributed by atoms with Gasteiger partial charge in [-0.3, -0.25) is 4.79 Å². The Morgan fingerprint density at radius 2 is 2.20 bits per heavy atom. The van der Waals surface area contributed by atoms with Gasteiger partial charge in [0.05, 0.1) is 5.92 Å². The zero-order chi connectivity index (χ0) is 11.0. The molecule has 80 valence electrons. The molecule has 1 unspecified atom stereocenters.